The lowest BCUT2D eigenvalue weighted by molar-refractivity contribution is -0.137. The number of nitrogen functional groups attached to an aromatic ring is 1. The van der Waals surface area contributed by atoms with Crippen molar-refractivity contribution in [3.05, 3.63) is 59.8 Å². The summed E-state index contributed by atoms with van der Waals surface area (Å²) in [5, 5.41) is 0.472. The summed E-state index contributed by atoms with van der Waals surface area (Å²) < 4.78 is 44.8. The van der Waals surface area contributed by atoms with E-state index in [1.807, 2.05) is 0 Å². The molecule has 0 radical (unpaired) electrons. The molecule has 0 amide bonds. The maximum Gasteiger partial charge on any atom is 0.416 e. The first-order valence-electron chi connectivity index (χ1n) is 10.1. The second kappa shape index (κ2) is 8.55. The van der Waals surface area contributed by atoms with Crippen molar-refractivity contribution in [1.29, 1.82) is 0 Å². The van der Waals surface area contributed by atoms with Gasteiger partial charge in [0.2, 0.25) is 0 Å². The fraction of sp³-hybridized carbons (Fsp3) is 0.304. The van der Waals surface area contributed by atoms with E-state index >= 15 is 0 Å². The molecule has 2 N–H and O–H groups in total. The van der Waals surface area contributed by atoms with E-state index in [2.05, 4.69) is 9.88 Å². The SMILES string of the molecule is Nc1cccc(C(=O)OCCN2CCCC2)c1-c1ccnc2cc(C(F)(F)F)ccc12. The molecular formula is C23H22F3N3O2. The highest BCUT2D eigenvalue weighted by atomic mass is 19.4. The van der Waals surface area contributed by atoms with Crippen LogP contribution in [0.1, 0.15) is 28.8 Å². The number of rotatable bonds is 5. The van der Waals surface area contributed by atoms with Crippen molar-refractivity contribution >= 4 is 22.6 Å². The van der Waals surface area contributed by atoms with Crippen molar-refractivity contribution in [2.75, 3.05) is 32.0 Å². The number of carbonyl (C=O) groups excluding carboxylic acids is 1. The van der Waals surface area contributed by atoms with Crippen molar-refractivity contribution in [2.24, 2.45) is 0 Å². The lowest BCUT2D eigenvalue weighted by atomic mass is 9.94. The van der Waals surface area contributed by atoms with Gasteiger partial charge in [-0.15, -0.1) is 0 Å². The van der Waals surface area contributed by atoms with Gasteiger partial charge >= 0.3 is 12.1 Å². The Morgan fingerprint density at radius 3 is 2.65 bits per heavy atom. The van der Waals surface area contributed by atoms with Crippen molar-refractivity contribution in [3.63, 3.8) is 0 Å². The fourth-order valence-electron chi connectivity index (χ4n) is 3.93. The number of pyridine rings is 1. The molecule has 0 bridgehead atoms. The number of esters is 1. The van der Waals surface area contributed by atoms with E-state index in [0.29, 0.717) is 28.7 Å². The Morgan fingerprint density at radius 1 is 1.13 bits per heavy atom. The van der Waals surface area contributed by atoms with E-state index in [-0.39, 0.29) is 17.7 Å². The standard InChI is InChI=1S/C23H22F3N3O2/c24-23(25,26)15-6-7-16-17(8-9-28-20(16)14-15)21-18(4-3-5-19(21)27)22(30)31-13-12-29-10-1-2-11-29/h3-9,14H,1-2,10-13,27H2. The van der Waals surface area contributed by atoms with Gasteiger partial charge in [0.25, 0.3) is 0 Å². The number of nitrogens with zero attached hydrogens (tertiary/aromatic N) is 2. The minimum absolute atomic E-state index is 0.170. The molecule has 0 aliphatic carbocycles. The van der Waals surface area contributed by atoms with Crippen LogP contribution in [0.2, 0.25) is 0 Å². The van der Waals surface area contributed by atoms with Gasteiger partial charge in [-0.1, -0.05) is 12.1 Å². The van der Waals surface area contributed by atoms with Gasteiger partial charge in [-0.2, -0.15) is 13.2 Å². The number of carbonyl (C=O) groups is 1. The van der Waals surface area contributed by atoms with Crippen LogP contribution in [0.3, 0.4) is 0 Å². The van der Waals surface area contributed by atoms with Gasteiger partial charge < -0.3 is 10.5 Å². The number of halogens is 3. The van der Waals surface area contributed by atoms with E-state index in [1.165, 1.54) is 12.3 Å². The molecule has 1 aliphatic rings. The molecule has 0 spiro atoms. The Kier molecular flexibility index (Phi) is 5.82. The molecule has 5 nitrogen and oxygen atoms in total. The van der Waals surface area contributed by atoms with Crippen LogP contribution >= 0.6 is 0 Å². The maximum absolute atomic E-state index is 13.1. The number of fused-ring (bicyclic) bond motifs is 1. The van der Waals surface area contributed by atoms with Crippen LogP contribution in [0, 0.1) is 0 Å². The number of alkyl halides is 3. The summed E-state index contributed by atoms with van der Waals surface area (Å²) in [6, 6.07) is 9.90. The van der Waals surface area contributed by atoms with Gasteiger partial charge in [-0.25, -0.2) is 4.79 Å². The maximum atomic E-state index is 13.1. The highest BCUT2D eigenvalue weighted by Gasteiger charge is 2.31. The molecule has 1 aliphatic heterocycles. The van der Waals surface area contributed by atoms with Crippen LogP contribution in [0.15, 0.2) is 48.7 Å². The van der Waals surface area contributed by atoms with Gasteiger partial charge in [-0.05, 0) is 61.8 Å². The summed E-state index contributed by atoms with van der Waals surface area (Å²) in [6.07, 6.45) is -0.758. The second-order valence-electron chi connectivity index (χ2n) is 7.54. The lowest BCUT2D eigenvalue weighted by Crippen LogP contribution is -2.25. The third kappa shape index (κ3) is 4.49. The van der Waals surface area contributed by atoms with Crippen LogP contribution in [0.5, 0.6) is 0 Å². The molecule has 31 heavy (non-hydrogen) atoms. The summed E-state index contributed by atoms with van der Waals surface area (Å²) in [6.45, 7) is 2.94. The molecule has 1 fully saturated rings. The van der Waals surface area contributed by atoms with Crippen LogP contribution in [0.4, 0.5) is 18.9 Å². The molecular weight excluding hydrogens is 407 g/mol. The van der Waals surface area contributed by atoms with Gasteiger partial charge in [0.15, 0.2) is 0 Å². The Bertz CT molecular complexity index is 1110. The Balaban J connectivity index is 1.68. The summed E-state index contributed by atoms with van der Waals surface area (Å²) in [5.41, 5.74) is 7.15. The molecule has 8 heteroatoms. The summed E-state index contributed by atoms with van der Waals surface area (Å²) in [7, 11) is 0. The van der Waals surface area contributed by atoms with Crippen LogP contribution in [-0.4, -0.2) is 42.1 Å². The third-order valence-electron chi connectivity index (χ3n) is 5.50. The van der Waals surface area contributed by atoms with E-state index in [0.717, 1.165) is 38.1 Å². The highest BCUT2D eigenvalue weighted by Crippen LogP contribution is 2.37. The minimum atomic E-state index is -4.47. The van der Waals surface area contributed by atoms with E-state index in [1.54, 1.807) is 24.3 Å². The van der Waals surface area contributed by atoms with Gasteiger partial charge in [0.05, 0.1) is 16.6 Å². The number of hydrogen-bond acceptors (Lipinski definition) is 5. The first-order valence-corrected chi connectivity index (χ1v) is 10.1. The molecule has 2 heterocycles. The normalized spacial score (nSPS) is 14.8. The first kappa shape index (κ1) is 21.1. The molecule has 0 atom stereocenters. The van der Waals surface area contributed by atoms with Gasteiger partial charge in [0, 0.05) is 29.4 Å². The smallest absolute Gasteiger partial charge is 0.416 e. The minimum Gasteiger partial charge on any atom is -0.461 e. The number of anilines is 1. The van der Waals surface area contributed by atoms with E-state index < -0.39 is 17.7 Å². The Morgan fingerprint density at radius 2 is 1.90 bits per heavy atom. The molecule has 1 aromatic heterocycles. The lowest BCUT2D eigenvalue weighted by Gasteiger charge is -2.17. The topological polar surface area (TPSA) is 68.5 Å². The van der Waals surface area contributed by atoms with E-state index in [9.17, 15) is 18.0 Å². The zero-order chi connectivity index (χ0) is 22.0. The zero-order valence-corrected chi connectivity index (χ0v) is 16.8. The fourth-order valence-corrected chi connectivity index (χ4v) is 3.93. The van der Waals surface area contributed by atoms with Crippen molar-refractivity contribution in [2.45, 2.75) is 19.0 Å². The molecule has 2 aromatic carbocycles. The van der Waals surface area contributed by atoms with E-state index in [4.69, 9.17) is 10.5 Å². The Labute approximate surface area is 177 Å². The largest absolute Gasteiger partial charge is 0.461 e. The zero-order valence-electron chi connectivity index (χ0n) is 16.8. The monoisotopic (exact) mass is 429 g/mol. The molecule has 0 unspecified atom stereocenters. The molecule has 4 rings (SSSR count). The summed E-state index contributed by atoms with van der Waals surface area (Å²) in [4.78, 5) is 19.1. The number of likely N-dealkylation sites (tertiary alicyclic amines) is 1. The Hall–Kier alpha value is -3.13. The van der Waals surface area contributed by atoms with Crippen LogP contribution in [-0.2, 0) is 10.9 Å². The van der Waals surface area contributed by atoms with Crippen LogP contribution < -0.4 is 5.73 Å². The third-order valence-corrected chi connectivity index (χ3v) is 5.50. The second-order valence-corrected chi connectivity index (χ2v) is 7.54. The average Bonchev–Trinajstić information content (AvgIpc) is 3.25. The molecule has 0 saturated carbocycles. The summed E-state index contributed by atoms with van der Waals surface area (Å²) in [5.74, 6) is -0.515. The number of ether oxygens (including phenoxy) is 1. The highest BCUT2D eigenvalue weighted by molar-refractivity contribution is 6.06. The predicted octanol–water partition coefficient (Wildman–Crippen LogP) is 4.76. The van der Waals surface area contributed by atoms with Crippen molar-refractivity contribution < 1.29 is 22.7 Å². The quantitative estimate of drug-likeness (QED) is 0.468. The number of nitrogens with two attached hydrogens (primary N) is 1. The molecule has 3 aromatic rings. The van der Waals surface area contributed by atoms with Crippen molar-refractivity contribution in [1.82, 2.24) is 9.88 Å². The van der Waals surface area contributed by atoms with Crippen LogP contribution in [0.25, 0.3) is 22.0 Å². The number of aromatic nitrogens is 1. The number of benzene rings is 2. The number of hydrogen-bond donors (Lipinski definition) is 1. The molecule has 162 valence electrons. The average molecular weight is 429 g/mol. The van der Waals surface area contributed by atoms with Crippen molar-refractivity contribution in [3.8, 4) is 11.1 Å². The first-order chi connectivity index (χ1) is 14.8. The molecule has 1 saturated heterocycles. The summed E-state index contributed by atoms with van der Waals surface area (Å²) >= 11 is 0. The predicted molar refractivity (Wildman–Crippen MR) is 113 cm³/mol. The van der Waals surface area contributed by atoms with Gasteiger partial charge in [0.1, 0.15) is 6.61 Å². The van der Waals surface area contributed by atoms with Gasteiger partial charge in [-0.3, -0.25) is 9.88 Å².